The number of guanidine groups is 1. The third-order valence-electron chi connectivity index (χ3n) is 4.24. The van der Waals surface area contributed by atoms with E-state index in [9.17, 15) is 14.4 Å². The summed E-state index contributed by atoms with van der Waals surface area (Å²) < 4.78 is 14.9. The second-order valence-corrected chi connectivity index (χ2v) is 6.79. The van der Waals surface area contributed by atoms with Crippen molar-refractivity contribution in [2.75, 3.05) is 0 Å². The Balaban J connectivity index is 1.47. The SMILES string of the molecule is NC(N)=Nc1ccc(C(=O)Oc2ccc(CC(=O)OC(=O)OCc3ccccc3)cc2)cc1. The summed E-state index contributed by atoms with van der Waals surface area (Å²) in [6, 6.07) is 21.5. The Morgan fingerprint density at radius 3 is 2.09 bits per heavy atom. The van der Waals surface area contributed by atoms with Crippen LogP contribution in [0.5, 0.6) is 5.75 Å². The lowest BCUT2D eigenvalue weighted by molar-refractivity contribution is -0.139. The average Bonchev–Trinajstić information content (AvgIpc) is 2.79. The van der Waals surface area contributed by atoms with Crippen LogP contribution >= 0.6 is 0 Å². The highest BCUT2D eigenvalue weighted by molar-refractivity contribution is 5.91. The van der Waals surface area contributed by atoms with Crippen molar-refractivity contribution in [1.82, 2.24) is 0 Å². The highest BCUT2D eigenvalue weighted by Gasteiger charge is 2.14. The van der Waals surface area contributed by atoms with Gasteiger partial charge >= 0.3 is 18.1 Å². The van der Waals surface area contributed by atoms with Gasteiger partial charge < -0.3 is 25.7 Å². The maximum absolute atomic E-state index is 12.3. The lowest BCUT2D eigenvalue weighted by atomic mass is 10.1. The molecule has 4 N–H and O–H groups in total. The summed E-state index contributed by atoms with van der Waals surface area (Å²) in [5, 5.41) is 0. The van der Waals surface area contributed by atoms with E-state index < -0.39 is 18.1 Å². The van der Waals surface area contributed by atoms with Gasteiger partial charge in [0, 0.05) is 0 Å². The molecule has 0 amide bonds. The monoisotopic (exact) mass is 447 g/mol. The van der Waals surface area contributed by atoms with Crippen molar-refractivity contribution < 1.29 is 28.6 Å². The van der Waals surface area contributed by atoms with Gasteiger partial charge in [-0.25, -0.2) is 14.6 Å². The first-order valence-corrected chi connectivity index (χ1v) is 9.81. The van der Waals surface area contributed by atoms with Gasteiger partial charge in [0.1, 0.15) is 12.4 Å². The molecule has 0 aromatic heterocycles. The van der Waals surface area contributed by atoms with Crippen molar-refractivity contribution >= 4 is 29.7 Å². The van der Waals surface area contributed by atoms with Gasteiger partial charge in [0.2, 0.25) is 0 Å². The number of aliphatic imine (C=N–C) groups is 1. The smallest absolute Gasteiger partial charge is 0.429 e. The van der Waals surface area contributed by atoms with E-state index >= 15 is 0 Å². The number of hydrogen-bond acceptors (Lipinski definition) is 7. The fourth-order valence-corrected chi connectivity index (χ4v) is 2.70. The van der Waals surface area contributed by atoms with Crippen molar-refractivity contribution in [2.45, 2.75) is 13.0 Å². The number of ether oxygens (including phenoxy) is 3. The van der Waals surface area contributed by atoms with Crippen molar-refractivity contribution in [3.05, 3.63) is 95.6 Å². The van der Waals surface area contributed by atoms with Crippen LogP contribution in [0.2, 0.25) is 0 Å². The molecule has 0 radical (unpaired) electrons. The molecule has 0 unspecified atom stereocenters. The van der Waals surface area contributed by atoms with E-state index in [-0.39, 0.29) is 24.7 Å². The molecule has 0 fully saturated rings. The van der Waals surface area contributed by atoms with Gasteiger partial charge in [-0.2, -0.15) is 0 Å². The van der Waals surface area contributed by atoms with Crippen LogP contribution in [0.3, 0.4) is 0 Å². The summed E-state index contributed by atoms with van der Waals surface area (Å²) in [5.41, 5.74) is 12.8. The maximum atomic E-state index is 12.3. The number of carbonyl (C=O) groups is 3. The van der Waals surface area contributed by atoms with Gasteiger partial charge in [0.25, 0.3) is 0 Å². The molecule has 9 nitrogen and oxygen atoms in total. The van der Waals surface area contributed by atoms with Gasteiger partial charge in [-0.1, -0.05) is 42.5 Å². The summed E-state index contributed by atoms with van der Waals surface area (Å²) in [7, 11) is 0. The van der Waals surface area contributed by atoms with Crippen molar-refractivity contribution in [2.24, 2.45) is 16.5 Å². The van der Waals surface area contributed by atoms with Crippen molar-refractivity contribution in [3.8, 4) is 5.75 Å². The van der Waals surface area contributed by atoms with E-state index in [1.165, 1.54) is 24.3 Å². The number of nitrogens with two attached hydrogens (primary N) is 2. The standard InChI is InChI=1S/C24H21N3O6/c25-23(26)27-19-10-8-18(9-11-19)22(29)32-20-12-6-16(7-13-20)14-21(28)33-24(30)31-15-17-4-2-1-3-5-17/h1-13H,14-15H2,(H4,25,26,27). The van der Waals surface area contributed by atoms with Crippen LogP contribution in [-0.2, 0) is 27.3 Å². The summed E-state index contributed by atoms with van der Waals surface area (Å²) in [6.07, 6.45) is -1.22. The summed E-state index contributed by atoms with van der Waals surface area (Å²) in [5.74, 6) is -1.13. The molecule has 3 aromatic carbocycles. The minimum atomic E-state index is -1.07. The largest absolute Gasteiger partial charge is 0.516 e. The third kappa shape index (κ3) is 7.51. The number of benzene rings is 3. The van der Waals surface area contributed by atoms with Gasteiger partial charge in [-0.15, -0.1) is 0 Å². The summed E-state index contributed by atoms with van der Waals surface area (Å²) in [4.78, 5) is 39.7. The Bertz CT molecular complexity index is 1140. The van der Waals surface area contributed by atoms with Gasteiger partial charge in [0.15, 0.2) is 5.96 Å². The van der Waals surface area contributed by atoms with E-state index in [1.54, 1.807) is 48.5 Å². The van der Waals surface area contributed by atoms with E-state index in [0.717, 1.165) is 5.56 Å². The first-order valence-electron chi connectivity index (χ1n) is 9.81. The van der Waals surface area contributed by atoms with Crippen LogP contribution < -0.4 is 16.2 Å². The van der Waals surface area contributed by atoms with Crippen LogP contribution in [0.25, 0.3) is 0 Å². The van der Waals surface area contributed by atoms with Crippen LogP contribution in [0.1, 0.15) is 21.5 Å². The molecule has 0 spiro atoms. The van der Waals surface area contributed by atoms with E-state index in [2.05, 4.69) is 9.73 Å². The zero-order valence-electron chi connectivity index (χ0n) is 17.5. The Kier molecular flexibility index (Phi) is 7.74. The zero-order chi connectivity index (χ0) is 23.6. The lowest BCUT2D eigenvalue weighted by Gasteiger charge is -2.07. The third-order valence-corrected chi connectivity index (χ3v) is 4.24. The first-order chi connectivity index (χ1) is 15.9. The van der Waals surface area contributed by atoms with Crippen molar-refractivity contribution in [1.29, 1.82) is 0 Å². The van der Waals surface area contributed by atoms with Crippen molar-refractivity contribution in [3.63, 3.8) is 0 Å². The molecule has 0 atom stereocenters. The maximum Gasteiger partial charge on any atom is 0.516 e. The highest BCUT2D eigenvalue weighted by atomic mass is 16.7. The Hall–Kier alpha value is -4.66. The topological polar surface area (TPSA) is 143 Å². The summed E-state index contributed by atoms with van der Waals surface area (Å²) >= 11 is 0. The molecular formula is C24H21N3O6. The highest BCUT2D eigenvalue weighted by Crippen LogP contribution is 2.17. The number of nitrogens with zero attached hydrogens (tertiary/aromatic N) is 1. The Morgan fingerprint density at radius 1 is 0.788 bits per heavy atom. The zero-order valence-corrected chi connectivity index (χ0v) is 17.5. The summed E-state index contributed by atoms with van der Waals surface area (Å²) in [6.45, 7) is 0.00400. The molecular weight excluding hydrogens is 426 g/mol. The fourth-order valence-electron chi connectivity index (χ4n) is 2.70. The fraction of sp³-hybridized carbons (Fsp3) is 0.0833. The van der Waals surface area contributed by atoms with E-state index in [1.807, 2.05) is 6.07 Å². The number of carbonyl (C=O) groups excluding carboxylic acids is 3. The molecule has 0 heterocycles. The average molecular weight is 447 g/mol. The second-order valence-electron chi connectivity index (χ2n) is 6.79. The van der Waals surface area contributed by atoms with Gasteiger partial charge in [-0.05, 0) is 47.5 Å². The quantitative estimate of drug-likeness (QED) is 0.185. The normalized spacial score (nSPS) is 10.1. The van der Waals surface area contributed by atoms with Gasteiger partial charge in [0.05, 0.1) is 17.7 Å². The predicted octanol–water partition coefficient (Wildman–Crippen LogP) is 3.23. The molecule has 168 valence electrons. The van der Waals surface area contributed by atoms with Crippen LogP contribution in [-0.4, -0.2) is 24.1 Å². The van der Waals surface area contributed by atoms with Gasteiger partial charge in [-0.3, -0.25) is 4.79 Å². The molecule has 0 saturated heterocycles. The van der Waals surface area contributed by atoms with E-state index in [4.69, 9.17) is 20.9 Å². The molecule has 9 heteroatoms. The first kappa shape index (κ1) is 23.0. The van der Waals surface area contributed by atoms with E-state index in [0.29, 0.717) is 16.8 Å². The number of rotatable bonds is 7. The molecule has 0 saturated carbocycles. The molecule has 0 aliphatic heterocycles. The molecule has 3 rings (SSSR count). The van der Waals surface area contributed by atoms with Crippen LogP contribution in [0.4, 0.5) is 10.5 Å². The Labute approximate surface area is 189 Å². The minimum absolute atomic E-state index is 0.00400. The molecule has 0 aliphatic rings. The number of esters is 2. The van der Waals surface area contributed by atoms with Crippen LogP contribution in [0.15, 0.2) is 83.9 Å². The molecule has 0 bridgehead atoms. The molecule has 33 heavy (non-hydrogen) atoms. The van der Waals surface area contributed by atoms with Crippen LogP contribution in [0, 0.1) is 0 Å². The lowest BCUT2D eigenvalue weighted by Crippen LogP contribution is -2.21. The number of hydrogen-bond donors (Lipinski definition) is 2. The Morgan fingerprint density at radius 2 is 1.45 bits per heavy atom. The predicted molar refractivity (Wildman–Crippen MR) is 120 cm³/mol. The molecule has 3 aromatic rings. The minimum Gasteiger partial charge on any atom is -0.429 e. The molecule has 0 aliphatic carbocycles. The second kappa shape index (κ2) is 11.1.